The summed E-state index contributed by atoms with van der Waals surface area (Å²) in [5.74, 6) is 0.543. The van der Waals surface area contributed by atoms with Crippen LogP contribution in [0.1, 0.15) is 5.56 Å². The molecule has 3 nitrogen and oxygen atoms in total. The summed E-state index contributed by atoms with van der Waals surface area (Å²) in [4.78, 5) is 13.7. The number of thioether (sulfide) groups is 1. The van der Waals surface area contributed by atoms with E-state index < -0.39 is 0 Å². The third-order valence-corrected chi connectivity index (χ3v) is 3.35. The van der Waals surface area contributed by atoms with E-state index in [0.29, 0.717) is 5.75 Å². The van der Waals surface area contributed by atoms with Crippen LogP contribution in [0.4, 0.5) is 5.69 Å². The smallest absolute Gasteiger partial charge is 0.237 e. The molecule has 1 atom stereocenters. The maximum atomic E-state index is 12.0. The van der Waals surface area contributed by atoms with Crippen molar-refractivity contribution >= 4 is 23.4 Å². The van der Waals surface area contributed by atoms with Crippen LogP contribution in [0.3, 0.4) is 0 Å². The van der Waals surface area contributed by atoms with Gasteiger partial charge in [-0.2, -0.15) is 11.8 Å². The number of anilines is 1. The van der Waals surface area contributed by atoms with Gasteiger partial charge in [0.25, 0.3) is 0 Å². The molecular formula is C12H15NO2S. The number of aliphatic hydroxyl groups is 1. The fraction of sp³-hybridized carbons (Fsp3) is 0.417. The highest BCUT2D eigenvalue weighted by Crippen LogP contribution is 2.32. The zero-order chi connectivity index (χ0) is 11.5. The maximum Gasteiger partial charge on any atom is 0.237 e. The van der Waals surface area contributed by atoms with Gasteiger partial charge < -0.3 is 10.0 Å². The molecule has 1 aromatic rings. The summed E-state index contributed by atoms with van der Waals surface area (Å²) in [5, 5.41) is 9.33. The fourth-order valence-corrected chi connectivity index (χ4v) is 2.52. The summed E-state index contributed by atoms with van der Waals surface area (Å²) in [6.07, 6.45) is 2.67. The Bertz CT molecular complexity index is 394. The summed E-state index contributed by atoms with van der Waals surface area (Å²) in [7, 11) is 0. The molecule has 0 unspecified atom stereocenters. The van der Waals surface area contributed by atoms with E-state index in [2.05, 4.69) is 0 Å². The molecule has 1 heterocycles. The van der Waals surface area contributed by atoms with Gasteiger partial charge in [0.05, 0.1) is 18.4 Å². The van der Waals surface area contributed by atoms with Crippen LogP contribution in [0.25, 0.3) is 0 Å². The average Bonchev–Trinajstić information content (AvgIpc) is 2.67. The first-order chi connectivity index (χ1) is 7.77. The minimum absolute atomic E-state index is 0.0226. The number of hydrogen-bond donors (Lipinski definition) is 1. The average molecular weight is 237 g/mol. The molecule has 0 aromatic heterocycles. The van der Waals surface area contributed by atoms with Gasteiger partial charge in [-0.3, -0.25) is 4.79 Å². The molecule has 0 aliphatic carbocycles. The Hall–Kier alpha value is -1.00. The van der Waals surface area contributed by atoms with E-state index in [1.165, 1.54) is 11.8 Å². The Morgan fingerprint density at radius 2 is 2.31 bits per heavy atom. The first-order valence-electron chi connectivity index (χ1n) is 5.27. The Labute approximate surface area is 99.5 Å². The van der Waals surface area contributed by atoms with Crippen LogP contribution in [0.15, 0.2) is 24.3 Å². The third-order valence-electron chi connectivity index (χ3n) is 2.82. The first-order valence-corrected chi connectivity index (χ1v) is 6.67. The van der Waals surface area contributed by atoms with Crippen LogP contribution in [0.2, 0.25) is 0 Å². The zero-order valence-electron chi connectivity index (χ0n) is 9.22. The van der Waals surface area contributed by atoms with E-state index in [9.17, 15) is 9.90 Å². The minimum atomic E-state index is -0.0861. The van der Waals surface area contributed by atoms with Crippen LogP contribution < -0.4 is 4.90 Å². The Morgan fingerprint density at radius 1 is 1.56 bits per heavy atom. The Kier molecular flexibility index (Phi) is 3.51. The van der Waals surface area contributed by atoms with Crippen molar-refractivity contribution in [2.75, 3.05) is 23.5 Å². The highest BCUT2D eigenvalue weighted by atomic mass is 32.2. The van der Waals surface area contributed by atoms with Gasteiger partial charge in [0, 0.05) is 5.69 Å². The van der Waals surface area contributed by atoms with Crippen LogP contribution >= 0.6 is 11.8 Å². The molecule has 0 saturated carbocycles. The summed E-state index contributed by atoms with van der Waals surface area (Å²) in [5.41, 5.74) is 2.11. The van der Waals surface area contributed by atoms with Crippen molar-refractivity contribution in [2.24, 2.45) is 0 Å². The molecule has 4 heteroatoms. The van der Waals surface area contributed by atoms with Crippen LogP contribution in [0, 0.1) is 0 Å². The number of nitrogens with zero attached hydrogens (tertiary/aromatic N) is 1. The fourth-order valence-electron chi connectivity index (χ4n) is 2.14. The molecule has 0 saturated heterocycles. The second-order valence-electron chi connectivity index (χ2n) is 3.87. The molecule has 1 aliphatic heterocycles. The second kappa shape index (κ2) is 4.89. The van der Waals surface area contributed by atoms with Gasteiger partial charge in [0.1, 0.15) is 0 Å². The standard InChI is InChI=1S/C12H15NO2S/c1-16-8-12(15)13-10(7-14)6-9-4-2-3-5-11(9)13/h2-5,10,14H,6-8H2,1H3/t10-/m0/s1. The number of rotatable bonds is 3. The van der Waals surface area contributed by atoms with E-state index >= 15 is 0 Å². The lowest BCUT2D eigenvalue weighted by atomic mass is 10.1. The predicted octanol–water partition coefficient (Wildman–Crippen LogP) is 1.30. The Morgan fingerprint density at radius 3 is 3.00 bits per heavy atom. The summed E-state index contributed by atoms with van der Waals surface area (Å²) >= 11 is 1.51. The van der Waals surface area contributed by atoms with Crippen LogP contribution in [-0.2, 0) is 11.2 Å². The quantitative estimate of drug-likeness (QED) is 0.861. The molecule has 0 radical (unpaired) electrons. The molecule has 1 aliphatic rings. The SMILES string of the molecule is CSCC(=O)N1c2ccccc2C[C@H]1CO. The van der Waals surface area contributed by atoms with E-state index in [4.69, 9.17) is 0 Å². The van der Waals surface area contributed by atoms with Crippen molar-refractivity contribution in [3.05, 3.63) is 29.8 Å². The van der Waals surface area contributed by atoms with Crippen molar-refractivity contribution in [3.8, 4) is 0 Å². The van der Waals surface area contributed by atoms with Gasteiger partial charge in [0.15, 0.2) is 0 Å². The molecule has 0 fully saturated rings. The van der Waals surface area contributed by atoms with Gasteiger partial charge >= 0.3 is 0 Å². The number of fused-ring (bicyclic) bond motifs is 1. The van der Waals surface area contributed by atoms with Crippen LogP contribution in [-0.4, -0.2) is 35.7 Å². The monoisotopic (exact) mass is 237 g/mol. The number of amides is 1. The normalized spacial score (nSPS) is 18.6. The van der Waals surface area contributed by atoms with Gasteiger partial charge in [-0.15, -0.1) is 0 Å². The highest BCUT2D eigenvalue weighted by molar-refractivity contribution is 7.99. The third kappa shape index (κ3) is 1.95. The van der Waals surface area contributed by atoms with Crippen molar-refractivity contribution in [1.29, 1.82) is 0 Å². The number of aliphatic hydroxyl groups excluding tert-OH is 1. The van der Waals surface area contributed by atoms with E-state index in [-0.39, 0.29) is 18.6 Å². The largest absolute Gasteiger partial charge is 0.394 e. The predicted molar refractivity (Wildman–Crippen MR) is 66.9 cm³/mol. The van der Waals surface area contributed by atoms with Crippen molar-refractivity contribution in [3.63, 3.8) is 0 Å². The molecule has 1 amide bonds. The molecule has 86 valence electrons. The molecule has 16 heavy (non-hydrogen) atoms. The molecule has 0 spiro atoms. The van der Waals surface area contributed by atoms with Gasteiger partial charge in [0.2, 0.25) is 5.91 Å². The minimum Gasteiger partial charge on any atom is -0.394 e. The maximum absolute atomic E-state index is 12.0. The van der Waals surface area contributed by atoms with E-state index in [0.717, 1.165) is 17.7 Å². The number of benzene rings is 1. The van der Waals surface area contributed by atoms with Crippen molar-refractivity contribution in [2.45, 2.75) is 12.5 Å². The molecule has 2 rings (SSSR count). The van der Waals surface area contributed by atoms with E-state index in [1.807, 2.05) is 30.5 Å². The van der Waals surface area contributed by atoms with Gasteiger partial charge in [-0.25, -0.2) is 0 Å². The molecule has 0 bridgehead atoms. The second-order valence-corrected chi connectivity index (χ2v) is 4.73. The lowest BCUT2D eigenvalue weighted by Gasteiger charge is -2.23. The number of carbonyl (C=O) groups excluding carboxylic acids is 1. The molecular weight excluding hydrogens is 222 g/mol. The van der Waals surface area contributed by atoms with Crippen molar-refractivity contribution in [1.82, 2.24) is 0 Å². The zero-order valence-corrected chi connectivity index (χ0v) is 10.0. The van der Waals surface area contributed by atoms with Gasteiger partial charge in [-0.05, 0) is 24.3 Å². The van der Waals surface area contributed by atoms with Gasteiger partial charge in [-0.1, -0.05) is 18.2 Å². The van der Waals surface area contributed by atoms with Crippen molar-refractivity contribution < 1.29 is 9.90 Å². The molecule has 1 N–H and O–H groups in total. The summed E-state index contributed by atoms with van der Waals surface area (Å²) in [6, 6.07) is 7.78. The van der Waals surface area contributed by atoms with E-state index in [1.54, 1.807) is 4.90 Å². The molecule has 1 aromatic carbocycles. The Balaban J connectivity index is 2.30. The summed E-state index contributed by atoms with van der Waals surface area (Å²) < 4.78 is 0. The number of hydrogen-bond acceptors (Lipinski definition) is 3. The lowest BCUT2D eigenvalue weighted by molar-refractivity contribution is -0.116. The highest BCUT2D eigenvalue weighted by Gasteiger charge is 2.32. The number of carbonyl (C=O) groups is 1. The lowest BCUT2D eigenvalue weighted by Crippen LogP contribution is -2.41. The van der Waals surface area contributed by atoms with Crippen LogP contribution in [0.5, 0.6) is 0 Å². The topological polar surface area (TPSA) is 40.5 Å². The number of para-hydroxylation sites is 1. The summed E-state index contributed by atoms with van der Waals surface area (Å²) in [6.45, 7) is 0.0226. The first kappa shape index (κ1) is 11.5.